The fraction of sp³-hybridized carbons (Fsp3) is 0.150. The molecule has 0 spiro atoms. The van der Waals surface area contributed by atoms with E-state index in [9.17, 15) is 23.0 Å². The molecule has 28 heavy (non-hydrogen) atoms. The van der Waals surface area contributed by atoms with Crippen molar-refractivity contribution in [1.82, 2.24) is 0 Å². The number of thiophene rings is 1. The molecule has 0 bridgehead atoms. The van der Waals surface area contributed by atoms with Gasteiger partial charge in [0.05, 0.1) is 0 Å². The maximum Gasteiger partial charge on any atom is 0.212 e. The van der Waals surface area contributed by atoms with Crippen molar-refractivity contribution in [2.75, 3.05) is 6.66 Å². The second kappa shape index (κ2) is 8.26. The third kappa shape index (κ3) is 4.41. The van der Waals surface area contributed by atoms with Gasteiger partial charge in [-0.05, 0) is 40.6 Å². The molecule has 0 aliphatic heterocycles. The van der Waals surface area contributed by atoms with E-state index in [0.29, 0.717) is 16.0 Å². The van der Waals surface area contributed by atoms with Crippen LogP contribution < -0.4 is 0 Å². The van der Waals surface area contributed by atoms with Crippen LogP contribution in [0.2, 0.25) is 5.02 Å². The van der Waals surface area contributed by atoms with Crippen molar-refractivity contribution in [3.05, 3.63) is 75.6 Å². The molecule has 0 saturated carbocycles. The topological polar surface area (TPSA) is 54.4 Å². The number of halogens is 3. The summed E-state index contributed by atoms with van der Waals surface area (Å²) in [5.74, 6) is -2.48. The summed E-state index contributed by atoms with van der Waals surface area (Å²) in [4.78, 5) is 23.0. The summed E-state index contributed by atoms with van der Waals surface area (Å²) < 4.78 is 40.3. The number of rotatable bonds is 6. The minimum Gasteiger partial charge on any atom is -0.344 e. The Morgan fingerprint density at radius 2 is 2.07 bits per heavy atom. The Kier molecular flexibility index (Phi) is 6.15. The number of Topliss-reactive ketones (excluding diaryl/α,β-unsaturated/α-hetero) is 1. The van der Waals surface area contributed by atoms with Gasteiger partial charge in [-0.25, -0.2) is 8.78 Å². The average molecular weight is 441 g/mol. The van der Waals surface area contributed by atoms with Gasteiger partial charge in [0.2, 0.25) is 7.37 Å². The van der Waals surface area contributed by atoms with Gasteiger partial charge in [0.1, 0.15) is 5.66 Å². The molecule has 0 aliphatic rings. The lowest BCUT2D eigenvalue weighted by atomic mass is 10.0. The van der Waals surface area contributed by atoms with E-state index in [0.717, 1.165) is 17.4 Å². The first-order valence-electron chi connectivity index (χ1n) is 8.28. The Morgan fingerprint density at radius 3 is 2.79 bits per heavy atom. The summed E-state index contributed by atoms with van der Waals surface area (Å²) in [6.07, 6.45) is 2.45. The minimum atomic E-state index is -3.82. The molecular weight excluding hydrogens is 425 g/mol. The second-order valence-corrected chi connectivity index (χ2v) is 10.1. The van der Waals surface area contributed by atoms with Crippen molar-refractivity contribution in [2.45, 2.75) is 12.1 Å². The number of ketones is 1. The third-order valence-corrected chi connectivity index (χ3v) is 6.98. The summed E-state index contributed by atoms with van der Waals surface area (Å²) in [6, 6.07) is 8.90. The first-order valence-corrected chi connectivity index (χ1v) is 11.7. The molecular formula is C20H16ClF2O3PS. The molecule has 0 radical (unpaired) electrons. The van der Waals surface area contributed by atoms with Crippen LogP contribution in [-0.2, 0) is 9.36 Å². The van der Waals surface area contributed by atoms with Crippen molar-refractivity contribution < 1.29 is 23.0 Å². The SMILES string of the molecule is CP(=O)(O)C(C(=O)C/C=C/c1cccc(F)c1F)c1csc2ccc(Cl)cc12. The van der Waals surface area contributed by atoms with Crippen LogP contribution in [0.15, 0.2) is 47.9 Å². The van der Waals surface area contributed by atoms with Crippen LogP contribution in [-0.4, -0.2) is 17.3 Å². The van der Waals surface area contributed by atoms with E-state index in [2.05, 4.69) is 0 Å². The summed E-state index contributed by atoms with van der Waals surface area (Å²) in [5, 5.41) is 2.81. The zero-order valence-corrected chi connectivity index (χ0v) is 17.2. The molecule has 0 fully saturated rings. The number of fused-ring (bicyclic) bond motifs is 1. The van der Waals surface area contributed by atoms with Crippen LogP contribution in [0.25, 0.3) is 16.2 Å². The molecule has 0 aliphatic carbocycles. The predicted octanol–water partition coefficient (Wildman–Crippen LogP) is 6.45. The van der Waals surface area contributed by atoms with Gasteiger partial charge in [-0.15, -0.1) is 11.3 Å². The highest BCUT2D eigenvalue weighted by atomic mass is 35.5. The van der Waals surface area contributed by atoms with Crippen LogP contribution in [0, 0.1) is 11.6 Å². The lowest BCUT2D eigenvalue weighted by Gasteiger charge is -2.18. The highest BCUT2D eigenvalue weighted by molar-refractivity contribution is 7.58. The van der Waals surface area contributed by atoms with Gasteiger partial charge in [0, 0.05) is 28.4 Å². The van der Waals surface area contributed by atoms with Crippen LogP contribution in [0.1, 0.15) is 23.2 Å². The smallest absolute Gasteiger partial charge is 0.212 e. The van der Waals surface area contributed by atoms with Gasteiger partial charge in [-0.1, -0.05) is 35.9 Å². The Hall–Kier alpha value is -1.85. The van der Waals surface area contributed by atoms with Gasteiger partial charge in [0.25, 0.3) is 0 Å². The molecule has 0 amide bonds. The molecule has 146 valence electrons. The van der Waals surface area contributed by atoms with Gasteiger partial charge >= 0.3 is 0 Å². The number of allylic oxidation sites excluding steroid dienone is 1. The fourth-order valence-corrected chi connectivity index (χ4v) is 5.60. The van der Waals surface area contributed by atoms with Crippen molar-refractivity contribution in [2.24, 2.45) is 0 Å². The largest absolute Gasteiger partial charge is 0.344 e. The van der Waals surface area contributed by atoms with Crippen molar-refractivity contribution in [1.29, 1.82) is 0 Å². The van der Waals surface area contributed by atoms with Crippen LogP contribution in [0.3, 0.4) is 0 Å². The van der Waals surface area contributed by atoms with E-state index in [1.54, 1.807) is 23.6 Å². The standard InChI is InChI=1S/C20H16ClF2O3PS/c1-27(25,26)20(15-11-28-18-9-8-13(21)10-14(15)18)17(24)7-3-5-12-4-2-6-16(22)19(12)23/h2-6,8-11,20H,7H2,1H3,(H,25,26)/b5-3+. The average Bonchev–Trinajstić information content (AvgIpc) is 3.00. The number of benzene rings is 2. The van der Waals surface area contributed by atoms with Crippen molar-refractivity contribution in [3.8, 4) is 0 Å². The Bertz CT molecular complexity index is 1120. The van der Waals surface area contributed by atoms with Crippen molar-refractivity contribution in [3.63, 3.8) is 0 Å². The van der Waals surface area contributed by atoms with Crippen LogP contribution in [0.5, 0.6) is 0 Å². The number of hydrogen-bond acceptors (Lipinski definition) is 3. The summed E-state index contributed by atoms with van der Waals surface area (Å²) in [6.45, 7) is 1.14. The molecule has 1 aromatic heterocycles. The van der Waals surface area contributed by atoms with E-state index in [-0.39, 0.29) is 12.0 Å². The minimum absolute atomic E-state index is 0.000736. The molecule has 1 heterocycles. The summed E-state index contributed by atoms with van der Waals surface area (Å²) in [5.41, 5.74) is -0.770. The van der Waals surface area contributed by atoms with Gasteiger partial charge in [-0.3, -0.25) is 9.36 Å². The number of carbonyl (C=O) groups excluding carboxylic acids is 1. The molecule has 2 atom stereocenters. The summed E-state index contributed by atoms with van der Waals surface area (Å²) in [7, 11) is -3.82. The first kappa shape index (κ1) is 20.9. The molecule has 3 rings (SSSR count). The Labute approximate surface area is 169 Å². The molecule has 0 saturated heterocycles. The number of hydrogen-bond donors (Lipinski definition) is 1. The molecule has 1 N–H and O–H groups in total. The zero-order valence-electron chi connectivity index (χ0n) is 14.7. The first-order chi connectivity index (χ1) is 13.2. The van der Waals surface area contributed by atoms with Crippen LogP contribution in [0.4, 0.5) is 8.78 Å². The normalized spacial score (nSPS) is 15.0. The van der Waals surface area contributed by atoms with E-state index < -0.39 is 30.4 Å². The maximum absolute atomic E-state index is 13.7. The third-order valence-electron chi connectivity index (χ3n) is 4.24. The Balaban J connectivity index is 1.91. The highest BCUT2D eigenvalue weighted by Crippen LogP contribution is 2.55. The van der Waals surface area contributed by atoms with Gasteiger partial charge in [-0.2, -0.15) is 0 Å². The molecule has 3 aromatic rings. The molecule has 3 nitrogen and oxygen atoms in total. The van der Waals surface area contributed by atoms with Crippen molar-refractivity contribution >= 4 is 52.3 Å². The molecule has 2 unspecified atom stereocenters. The van der Waals surface area contributed by atoms with E-state index in [1.165, 1.54) is 35.6 Å². The van der Waals surface area contributed by atoms with Gasteiger partial charge in [0.15, 0.2) is 17.4 Å². The predicted molar refractivity (Wildman–Crippen MR) is 110 cm³/mol. The lowest BCUT2D eigenvalue weighted by molar-refractivity contribution is -0.118. The second-order valence-electron chi connectivity index (χ2n) is 6.39. The maximum atomic E-state index is 13.7. The fourth-order valence-electron chi connectivity index (χ4n) is 2.99. The number of carbonyl (C=O) groups is 1. The summed E-state index contributed by atoms with van der Waals surface area (Å²) >= 11 is 7.39. The lowest BCUT2D eigenvalue weighted by Crippen LogP contribution is -2.11. The highest BCUT2D eigenvalue weighted by Gasteiger charge is 2.35. The van der Waals surface area contributed by atoms with E-state index >= 15 is 0 Å². The van der Waals surface area contributed by atoms with E-state index in [4.69, 9.17) is 11.6 Å². The van der Waals surface area contributed by atoms with Gasteiger partial charge < -0.3 is 4.89 Å². The van der Waals surface area contributed by atoms with Crippen LogP contribution >= 0.6 is 30.3 Å². The zero-order chi connectivity index (χ0) is 20.5. The molecule has 8 heteroatoms. The molecule has 2 aromatic carbocycles. The monoisotopic (exact) mass is 440 g/mol. The Morgan fingerprint density at radius 1 is 1.32 bits per heavy atom. The quantitative estimate of drug-likeness (QED) is 0.448. The van der Waals surface area contributed by atoms with E-state index in [1.807, 2.05) is 0 Å².